The maximum atomic E-state index is 13.0. The van der Waals surface area contributed by atoms with Gasteiger partial charge in [-0.25, -0.2) is 0 Å². The van der Waals surface area contributed by atoms with Gasteiger partial charge in [-0.2, -0.15) is 0 Å². The van der Waals surface area contributed by atoms with Gasteiger partial charge >= 0.3 is 35.8 Å². The van der Waals surface area contributed by atoms with Crippen molar-refractivity contribution in [2.24, 2.45) is 0 Å². The zero-order valence-electron chi connectivity index (χ0n) is 33.0. The molecule has 0 radical (unpaired) electrons. The molecule has 0 saturated heterocycles. The zero-order chi connectivity index (χ0) is 39.5. The summed E-state index contributed by atoms with van der Waals surface area (Å²) >= 11 is 0. The molecule has 15 nitrogen and oxygen atoms in total. The van der Waals surface area contributed by atoms with Crippen LogP contribution in [0.1, 0.15) is 104 Å². The molecule has 0 saturated carbocycles. The van der Waals surface area contributed by atoms with Gasteiger partial charge in [0.1, 0.15) is 34.0 Å². The Morgan fingerprint density at radius 3 is 0.940 bits per heavy atom. The van der Waals surface area contributed by atoms with Crippen LogP contribution in [-0.2, 0) is 52.5 Å². The van der Waals surface area contributed by atoms with Crippen LogP contribution in [0.5, 0.6) is 0 Å². The first-order chi connectivity index (χ1) is 22.2. The van der Waals surface area contributed by atoms with E-state index in [9.17, 15) is 33.9 Å². The minimum atomic E-state index is -1.51. The fraction of sp³-hybridized carbons (Fsp3) is 0.829. The molecule has 0 rings (SSSR count). The van der Waals surface area contributed by atoms with Crippen molar-refractivity contribution in [3.05, 3.63) is 0 Å². The number of aliphatic carboxylic acids is 1. The standard InChI is InChI=1S/C35H63N3O12/c1-31(2,3)46-25(39)19-36(16-17-37(20-26(40)47-32(4,5)6)21-27(41)48-33(7,8)9)18-24(30(44)45)38(22-28(42)49-34(10,11)12)23-29(43)50-35(13,14)15/h24H,16-23H2,1-15H3,(H,44,45)/t24-/m1/s1. The highest BCUT2D eigenvalue weighted by Gasteiger charge is 2.35. The number of hydrogen-bond donors (Lipinski definition) is 1. The first kappa shape index (κ1) is 46.7. The van der Waals surface area contributed by atoms with Crippen LogP contribution in [-0.4, -0.2) is 142 Å². The van der Waals surface area contributed by atoms with Crippen LogP contribution in [0.25, 0.3) is 0 Å². The average molecular weight is 718 g/mol. The van der Waals surface area contributed by atoms with Gasteiger partial charge < -0.3 is 28.8 Å². The minimum absolute atomic E-state index is 0.00818. The van der Waals surface area contributed by atoms with Crippen molar-refractivity contribution in [2.45, 2.75) is 138 Å². The molecule has 0 aliphatic carbocycles. The predicted molar refractivity (Wildman–Crippen MR) is 185 cm³/mol. The number of nitrogens with zero attached hydrogens (tertiary/aromatic N) is 3. The Labute approximate surface area is 298 Å². The molecule has 0 amide bonds. The summed E-state index contributed by atoms with van der Waals surface area (Å²) in [7, 11) is 0. The first-order valence-corrected chi connectivity index (χ1v) is 16.7. The summed E-state index contributed by atoms with van der Waals surface area (Å²) in [4.78, 5) is 81.3. The van der Waals surface area contributed by atoms with Crippen LogP contribution in [0.3, 0.4) is 0 Å². The second-order valence-corrected chi connectivity index (χ2v) is 17.1. The van der Waals surface area contributed by atoms with Gasteiger partial charge in [-0.15, -0.1) is 0 Å². The highest BCUT2D eigenvalue weighted by atomic mass is 16.6. The van der Waals surface area contributed by atoms with Gasteiger partial charge in [-0.1, -0.05) is 0 Å². The maximum absolute atomic E-state index is 13.0. The molecular formula is C35H63N3O12. The topological polar surface area (TPSA) is 179 Å². The maximum Gasteiger partial charge on any atom is 0.322 e. The molecular weight excluding hydrogens is 654 g/mol. The minimum Gasteiger partial charge on any atom is -0.480 e. The van der Waals surface area contributed by atoms with E-state index in [0.29, 0.717) is 0 Å². The Balaban J connectivity index is 6.61. The van der Waals surface area contributed by atoms with Crippen molar-refractivity contribution in [1.82, 2.24) is 14.7 Å². The van der Waals surface area contributed by atoms with E-state index in [1.54, 1.807) is 104 Å². The summed E-state index contributed by atoms with van der Waals surface area (Å²) in [5.74, 6) is -4.81. The lowest BCUT2D eigenvalue weighted by molar-refractivity contribution is -0.165. The summed E-state index contributed by atoms with van der Waals surface area (Å²) in [5, 5.41) is 10.4. The van der Waals surface area contributed by atoms with Crippen LogP contribution in [0.2, 0.25) is 0 Å². The van der Waals surface area contributed by atoms with Crippen molar-refractivity contribution < 1.29 is 57.6 Å². The molecule has 0 bridgehead atoms. The molecule has 0 fully saturated rings. The Morgan fingerprint density at radius 2 is 0.680 bits per heavy atom. The van der Waals surface area contributed by atoms with Crippen molar-refractivity contribution in [2.75, 3.05) is 52.4 Å². The van der Waals surface area contributed by atoms with Gasteiger partial charge in [0.25, 0.3) is 0 Å². The molecule has 0 aliphatic rings. The van der Waals surface area contributed by atoms with Crippen LogP contribution in [0.4, 0.5) is 0 Å². The quantitative estimate of drug-likeness (QED) is 0.171. The number of hydrogen-bond acceptors (Lipinski definition) is 14. The molecule has 0 aliphatic heterocycles. The molecule has 0 aromatic rings. The van der Waals surface area contributed by atoms with E-state index < -0.39 is 83.0 Å². The molecule has 0 heterocycles. The Morgan fingerprint density at radius 1 is 0.440 bits per heavy atom. The van der Waals surface area contributed by atoms with Gasteiger partial charge in [-0.05, 0) is 104 Å². The summed E-state index contributed by atoms with van der Waals surface area (Å²) < 4.78 is 27.3. The molecule has 0 spiro atoms. The van der Waals surface area contributed by atoms with Gasteiger partial charge in [0.2, 0.25) is 0 Å². The number of carbonyl (C=O) groups is 6. The third-order valence-corrected chi connectivity index (χ3v) is 5.71. The average Bonchev–Trinajstić information content (AvgIpc) is 2.78. The first-order valence-electron chi connectivity index (χ1n) is 16.7. The molecule has 50 heavy (non-hydrogen) atoms. The molecule has 1 N–H and O–H groups in total. The van der Waals surface area contributed by atoms with E-state index in [1.165, 1.54) is 9.80 Å². The van der Waals surface area contributed by atoms with E-state index in [-0.39, 0.29) is 39.3 Å². The zero-order valence-corrected chi connectivity index (χ0v) is 33.0. The Hall–Kier alpha value is -3.30. The Bertz CT molecular complexity index is 1110. The van der Waals surface area contributed by atoms with Gasteiger partial charge in [0.15, 0.2) is 0 Å². The summed E-state index contributed by atoms with van der Waals surface area (Å²) in [6.45, 7) is 22.7. The molecule has 15 heteroatoms. The van der Waals surface area contributed by atoms with Crippen LogP contribution in [0, 0.1) is 0 Å². The van der Waals surface area contributed by atoms with Gasteiger partial charge in [0, 0.05) is 19.6 Å². The SMILES string of the molecule is CC(C)(C)OC(=O)CN(CCN(CC(=O)OC(C)(C)C)C[C@H](C(=O)O)N(CC(=O)OC(C)(C)C)CC(=O)OC(C)(C)C)CC(=O)OC(C)(C)C. The smallest absolute Gasteiger partial charge is 0.322 e. The molecule has 290 valence electrons. The number of esters is 5. The summed E-state index contributed by atoms with van der Waals surface area (Å²) in [5.41, 5.74) is -4.21. The summed E-state index contributed by atoms with van der Waals surface area (Å²) in [6, 6.07) is -1.51. The highest BCUT2D eigenvalue weighted by Crippen LogP contribution is 2.15. The second kappa shape index (κ2) is 18.8. The molecule has 0 aromatic heterocycles. The third kappa shape index (κ3) is 24.8. The normalized spacial score (nSPS) is 13.6. The van der Waals surface area contributed by atoms with Crippen LogP contribution >= 0.6 is 0 Å². The fourth-order valence-electron chi connectivity index (χ4n) is 4.35. The van der Waals surface area contributed by atoms with Crippen LogP contribution in [0.15, 0.2) is 0 Å². The number of carboxylic acid groups (broad SMARTS) is 1. The van der Waals surface area contributed by atoms with Crippen molar-refractivity contribution in [1.29, 1.82) is 0 Å². The van der Waals surface area contributed by atoms with Crippen molar-refractivity contribution >= 4 is 35.8 Å². The van der Waals surface area contributed by atoms with E-state index in [0.717, 1.165) is 4.90 Å². The fourth-order valence-corrected chi connectivity index (χ4v) is 4.35. The van der Waals surface area contributed by atoms with E-state index in [4.69, 9.17) is 23.7 Å². The monoisotopic (exact) mass is 717 g/mol. The predicted octanol–water partition coefficient (Wildman–Crippen LogP) is 3.05. The van der Waals surface area contributed by atoms with Crippen LogP contribution < -0.4 is 0 Å². The largest absolute Gasteiger partial charge is 0.480 e. The Kier molecular flexibility index (Phi) is 17.6. The number of carboxylic acids is 1. The van der Waals surface area contributed by atoms with E-state index in [2.05, 4.69) is 0 Å². The number of carbonyl (C=O) groups excluding carboxylic acids is 5. The van der Waals surface area contributed by atoms with Gasteiger partial charge in [0.05, 0.1) is 32.7 Å². The molecule has 0 aromatic carbocycles. The molecule has 0 unspecified atom stereocenters. The lowest BCUT2D eigenvalue weighted by atomic mass is 10.1. The van der Waals surface area contributed by atoms with E-state index >= 15 is 0 Å². The number of rotatable bonds is 17. The van der Waals surface area contributed by atoms with Crippen molar-refractivity contribution in [3.8, 4) is 0 Å². The summed E-state index contributed by atoms with van der Waals surface area (Å²) in [6.07, 6.45) is 0. The molecule has 1 atom stereocenters. The third-order valence-electron chi connectivity index (χ3n) is 5.71. The lowest BCUT2D eigenvalue weighted by Crippen LogP contribution is -2.55. The van der Waals surface area contributed by atoms with Crippen molar-refractivity contribution in [3.63, 3.8) is 0 Å². The lowest BCUT2D eigenvalue weighted by Gasteiger charge is -2.34. The number of ether oxygens (including phenoxy) is 5. The second-order valence-electron chi connectivity index (χ2n) is 17.1. The highest BCUT2D eigenvalue weighted by molar-refractivity contribution is 5.80. The van der Waals surface area contributed by atoms with E-state index in [1.807, 2.05) is 0 Å². The van der Waals surface area contributed by atoms with Gasteiger partial charge in [-0.3, -0.25) is 43.5 Å².